The zero-order chi connectivity index (χ0) is 47.2. The minimum Gasteiger partial charge on any atom is -0.480 e. The Hall–Kier alpha value is -5.87. The number of ether oxygens (including phenoxy) is 2. The second kappa shape index (κ2) is 22.8. The Balaban J connectivity index is 0.000000182. The number of aromatic nitrogens is 4. The molecular formula is C47H52Cl3N7O8. The van der Waals surface area contributed by atoms with Gasteiger partial charge < -0.3 is 30.9 Å². The number of hydrogen-bond donors (Lipinski definition) is 4. The number of carbonyl (C=O) groups excluding carboxylic acids is 4. The molecule has 1 aromatic heterocycles. The number of aliphatic carboxylic acids is 1. The van der Waals surface area contributed by atoms with Crippen molar-refractivity contribution in [2.45, 2.75) is 78.0 Å². The van der Waals surface area contributed by atoms with Gasteiger partial charge in [0.05, 0.1) is 26.2 Å². The van der Waals surface area contributed by atoms with Crippen molar-refractivity contribution in [2.24, 2.45) is 22.0 Å². The summed E-state index contributed by atoms with van der Waals surface area (Å²) >= 11 is 17.9. The van der Waals surface area contributed by atoms with Crippen molar-refractivity contribution in [3.63, 3.8) is 0 Å². The highest BCUT2D eigenvalue weighted by Gasteiger charge is 2.59. The van der Waals surface area contributed by atoms with Gasteiger partial charge in [-0.1, -0.05) is 121 Å². The van der Waals surface area contributed by atoms with Gasteiger partial charge in [0.15, 0.2) is 5.41 Å². The Morgan fingerprint density at radius 3 is 1.52 bits per heavy atom. The number of halogens is 3. The number of nitrogens with zero attached hydrogens (tertiary/aromatic N) is 4. The van der Waals surface area contributed by atoms with Gasteiger partial charge in [0.25, 0.3) is 0 Å². The molecule has 0 aliphatic heterocycles. The van der Waals surface area contributed by atoms with E-state index >= 15 is 0 Å². The normalized spacial score (nSPS) is 15.1. The molecule has 1 heterocycles. The molecule has 0 spiro atoms. The summed E-state index contributed by atoms with van der Waals surface area (Å²) in [5, 5.41) is 29.0. The first kappa shape index (κ1) is 50.1. The molecule has 0 unspecified atom stereocenters. The second-order valence-electron chi connectivity index (χ2n) is 15.8. The van der Waals surface area contributed by atoms with E-state index in [0.717, 1.165) is 46.5 Å². The van der Waals surface area contributed by atoms with E-state index in [9.17, 15) is 24.0 Å². The fourth-order valence-corrected chi connectivity index (χ4v) is 7.14. The van der Waals surface area contributed by atoms with Crippen LogP contribution in [0.1, 0.15) is 67.7 Å². The van der Waals surface area contributed by atoms with E-state index in [4.69, 9.17) is 45.6 Å². The highest BCUT2D eigenvalue weighted by Crippen LogP contribution is 2.48. The van der Waals surface area contributed by atoms with Gasteiger partial charge in [0.2, 0.25) is 17.6 Å². The molecule has 15 nitrogen and oxygen atoms in total. The number of hydrogen-bond acceptors (Lipinski definition) is 11. The third-order valence-corrected chi connectivity index (χ3v) is 12.4. The number of carboxylic acids is 1. The molecule has 3 fully saturated rings. The fraction of sp³-hybridized carbons (Fsp3) is 0.362. The van der Waals surface area contributed by atoms with Crippen molar-refractivity contribution in [3.05, 3.63) is 134 Å². The first-order chi connectivity index (χ1) is 31.2. The fourth-order valence-electron chi connectivity index (χ4n) is 6.52. The van der Waals surface area contributed by atoms with Gasteiger partial charge in [-0.3, -0.25) is 24.0 Å². The number of aryl methyl sites for hydroxylation is 1. The Morgan fingerprint density at radius 2 is 1.14 bits per heavy atom. The highest BCUT2D eigenvalue weighted by atomic mass is 35.5. The topological polar surface area (TPSA) is 218 Å². The number of amides is 2. The third kappa shape index (κ3) is 13.1. The average molecular weight is 949 g/mol. The summed E-state index contributed by atoms with van der Waals surface area (Å²) in [7, 11) is 2.50. The van der Waals surface area contributed by atoms with Crippen LogP contribution in [0.2, 0.25) is 15.1 Å². The minimum atomic E-state index is -1.19. The number of carbonyl (C=O) groups is 5. The molecule has 4 aromatic carbocycles. The number of carboxylic acid groups (broad SMARTS) is 1. The molecule has 3 aliphatic carbocycles. The van der Waals surface area contributed by atoms with Gasteiger partial charge >= 0.3 is 17.9 Å². The van der Waals surface area contributed by atoms with Crippen LogP contribution < -0.4 is 16.4 Å². The Morgan fingerprint density at radius 1 is 0.677 bits per heavy atom. The number of nitrogens with one attached hydrogen (secondary N) is 2. The molecule has 65 heavy (non-hydrogen) atoms. The maximum Gasteiger partial charge on any atom is 0.323 e. The van der Waals surface area contributed by atoms with Crippen molar-refractivity contribution in [1.82, 2.24) is 30.8 Å². The van der Waals surface area contributed by atoms with Crippen LogP contribution in [0.4, 0.5) is 0 Å². The Labute approximate surface area is 392 Å². The highest BCUT2D eigenvalue weighted by molar-refractivity contribution is 6.32. The lowest BCUT2D eigenvalue weighted by Gasteiger charge is -2.14. The van der Waals surface area contributed by atoms with Crippen molar-refractivity contribution in [3.8, 4) is 11.4 Å². The number of benzene rings is 4. The maximum absolute atomic E-state index is 12.7. The monoisotopic (exact) mass is 947 g/mol. The summed E-state index contributed by atoms with van der Waals surface area (Å²) in [5.41, 5.74) is 7.69. The molecule has 0 saturated heterocycles. The number of nitrogens with two attached hydrogens (primary N) is 1. The Kier molecular flexibility index (Phi) is 17.6. The molecule has 0 atom stereocenters. The number of rotatable bonds is 14. The minimum absolute atomic E-state index is 0.0126. The lowest BCUT2D eigenvalue weighted by Crippen LogP contribution is -2.37. The largest absolute Gasteiger partial charge is 0.480 e. The molecule has 344 valence electrons. The van der Waals surface area contributed by atoms with Crippen LogP contribution in [-0.2, 0) is 66.0 Å². The SMILES string of the molecule is CCc1ccc(-c2nnn(CC3(C(=O)NCc4ccccc4Cl)CC3)n2)cc1.COC(=O)C1(C(=O)NCc2ccccc2Cl)CC1.COC(=O)C1(C(=O)O)CC1.NCc1ccccc1Cl. The first-order valence-electron chi connectivity index (χ1n) is 20.9. The van der Waals surface area contributed by atoms with E-state index in [2.05, 4.69) is 54.6 Å². The molecule has 2 amide bonds. The van der Waals surface area contributed by atoms with E-state index in [1.807, 2.05) is 78.9 Å². The summed E-state index contributed by atoms with van der Waals surface area (Å²) < 4.78 is 8.97. The van der Waals surface area contributed by atoms with E-state index < -0.39 is 34.2 Å². The van der Waals surface area contributed by atoms with Crippen molar-refractivity contribution in [1.29, 1.82) is 0 Å². The lowest BCUT2D eigenvalue weighted by atomic mass is 10.1. The van der Waals surface area contributed by atoms with Gasteiger partial charge in [-0.25, -0.2) is 0 Å². The molecule has 5 N–H and O–H groups in total. The van der Waals surface area contributed by atoms with Gasteiger partial charge in [0.1, 0.15) is 5.41 Å². The molecule has 3 saturated carbocycles. The second-order valence-corrected chi connectivity index (χ2v) is 17.0. The third-order valence-electron chi connectivity index (χ3n) is 11.3. The molecule has 0 radical (unpaired) electrons. The quantitative estimate of drug-likeness (QED) is 0.0633. The molecule has 8 rings (SSSR count). The van der Waals surface area contributed by atoms with Gasteiger partial charge in [-0.2, -0.15) is 4.80 Å². The molecular weight excluding hydrogens is 897 g/mol. The zero-order valence-corrected chi connectivity index (χ0v) is 38.6. The predicted molar refractivity (Wildman–Crippen MR) is 245 cm³/mol. The van der Waals surface area contributed by atoms with E-state index in [-0.39, 0.29) is 11.8 Å². The number of methoxy groups -OCH3 is 2. The van der Waals surface area contributed by atoms with E-state index in [0.29, 0.717) is 67.7 Å². The average Bonchev–Trinajstić information content (AvgIpc) is 4.25. The molecule has 0 bridgehead atoms. The Bertz CT molecular complexity index is 2450. The van der Waals surface area contributed by atoms with Gasteiger partial charge in [-0.05, 0) is 90.6 Å². The van der Waals surface area contributed by atoms with Crippen molar-refractivity contribution in [2.75, 3.05) is 14.2 Å². The summed E-state index contributed by atoms with van der Waals surface area (Å²) in [4.78, 5) is 58.8. The van der Waals surface area contributed by atoms with Crippen LogP contribution in [0.5, 0.6) is 0 Å². The maximum atomic E-state index is 12.7. The van der Waals surface area contributed by atoms with Crippen LogP contribution in [-0.4, -0.2) is 69.3 Å². The smallest absolute Gasteiger partial charge is 0.323 e. The molecule has 3 aliphatic rings. The van der Waals surface area contributed by atoms with Crippen LogP contribution in [0.25, 0.3) is 11.4 Å². The lowest BCUT2D eigenvalue weighted by molar-refractivity contribution is -0.159. The first-order valence-corrected chi connectivity index (χ1v) is 22.0. The predicted octanol–water partition coefficient (Wildman–Crippen LogP) is 7.38. The summed E-state index contributed by atoms with van der Waals surface area (Å²) in [5.74, 6) is -1.85. The van der Waals surface area contributed by atoms with Crippen LogP contribution in [0.3, 0.4) is 0 Å². The summed E-state index contributed by atoms with van der Waals surface area (Å²) in [6.07, 6.45) is 4.56. The van der Waals surface area contributed by atoms with Crippen LogP contribution in [0.15, 0.2) is 97.1 Å². The molecule has 5 aromatic rings. The summed E-state index contributed by atoms with van der Waals surface area (Å²) in [6.45, 7) is 3.80. The summed E-state index contributed by atoms with van der Waals surface area (Å²) in [6, 6.07) is 30.5. The van der Waals surface area contributed by atoms with E-state index in [1.165, 1.54) is 24.6 Å². The van der Waals surface area contributed by atoms with E-state index in [1.54, 1.807) is 6.07 Å². The van der Waals surface area contributed by atoms with Crippen LogP contribution >= 0.6 is 34.8 Å². The number of esters is 2. The number of tetrazole rings is 1. The van der Waals surface area contributed by atoms with Gasteiger partial charge in [0, 0.05) is 40.3 Å². The van der Waals surface area contributed by atoms with Crippen molar-refractivity contribution >= 4 is 64.5 Å². The van der Waals surface area contributed by atoms with Crippen molar-refractivity contribution < 1.29 is 38.6 Å². The molecule has 18 heteroatoms. The van der Waals surface area contributed by atoms with Crippen LogP contribution in [0, 0.1) is 16.2 Å². The van der Waals surface area contributed by atoms with Gasteiger partial charge in [-0.15, -0.1) is 10.2 Å². The standard InChI is InChI=1S/C21H22ClN5O.C13H14ClNO3.C7H8ClN.C6H8O4/c1-2-15-7-9-16(10-8-15)19-24-26-27(25-19)14-21(11-12-21)20(28)23-13-17-5-3-4-6-18(17)22;1-18-12(17)13(6-7-13)11(16)15-8-9-4-2-3-5-10(9)14;8-7-4-2-1-3-6(7)5-9;1-10-5(9)6(2-3-6)4(7)8/h3-10H,2,11-14H2,1H3,(H,23,28);2-5H,6-8H2,1H3,(H,15,16);1-4H,5,9H2;2-3H2,1H3,(H,7,8). The zero-order valence-electron chi connectivity index (χ0n) is 36.3.